The van der Waals surface area contributed by atoms with E-state index in [1.54, 1.807) is 0 Å². The van der Waals surface area contributed by atoms with Crippen LogP contribution in [0.5, 0.6) is 0 Å². The minimum atomic E-state index is 0. The molecule has 2 heterocycles. The fourth-order valence-corrected chi connectivity index (χ4v) is 4.88. The molecule has 0 radical (unpaired) electrons. The second-order valence-electron chi connectivity index (χ2n) is 5.86. The van der Waals surface area contributed by atoms with Crippen LogP contribution in [0.25, 0.3) is 26.3 Å². The molecule has 0 saturated carbocycles. The van der Waals surface area contributed by atoms with Gasteiger partial charge in [-0.3, -0.25) is 0 Å². The molecule has 146 valence electrons. The van der Waals surface area contributed by atoms with Crippen molar-refractivity contribution in [2.24, 2.45) is 0 Å². The average Bonchev–Trinajstić information content (AvgIpc) is 2.64. The van der Waals surface area contributed by atoms with Crippen LogP contribution in [0, 0.1) is 6.92 Å². The molecule has 3 nitrogen and oxygen atoms in total. The smallest absolute Gasteiger partial charge is 0.147 e. The number of fused-ring (bicyclic) bond motifs is 3. The predicted octanol–water partition coefficient (Wildman–Crippen LogP) is 6.47. The number of rotatable bonds is 3. The van der Waals surface area contributed by atoms with Crippen molar-refractivity contribution in [1.29, 1.82) is 0 Å². The number of hydrogen-bond acceptors (Lipinski definition) is 3. The monoisotopic (exact) mass is 517 g/mol. The summed E-state index contributed by atoms with van der Waals surface area (Å²) < 4.78 is 2.92. The van der Waals surface area contributed by atoms with Crippen LogP contribution in [-0.2, 0) is 15.0 Å². The van der Waals surface area contributed by atoms with Gasteiger partial charge in [0.15, 0.2) is 0 Å². The molecule has 2 aromatic heterocycles. The maximum Gasteiger partial charge on any atom is -0.147 e. The van der Waals surface area contributed by atoms with Crippen LogP contribution in [0.1, 0.15) is 11.4 Å². The second kappa shape index (κ2) is 9.36. The molecule has 0 spiro atoms. The van der Waals surface area contributed by atoms with Gasteiger partial charge >= 0.3 is 172 Å². The third kappa shape index (κ3) is 4.41. The summed E-state index contributed by atoms with van der Waals surface area (Å²) in [5.74, 6) is 0. The second-order valence-corrected chi connectivity index (χ2v) is 8.62. The zero-order valence-corrected chi connectivity index (χ0v) is 19.3. The van der Waals surface area contributed by atoms with Gasteiger partial charge in [-0.1, -0.05) is 0 Å². The first-order chi connectivity index (χ1) is 12.5. The predicted molar refractivity (Wildman–Crippen MR) is 122 cm³/mol. The van der Waals surface area contributed by atoms with Gasteiger partial charge < -0.3 is 6.15 Å². The fraction of sp³-hybridized carbons (Fsp3) is 0.0476. The fourth-order valence-electron chi connectivity index (χ4n) is 2.72. The van der Waals surface area contributed by atoms with Gasteiger partial charge in [-0.05, 0) is 0 Å². The van der Waals surface area contributed by atoms with Crippen molar-refractivity contribution in [2.75, 3.05) is 0 Å². The summed E-state index contributed by atoms with van der Waals surface area (Å²) >= 11 is 10.6. The molecule has 0 aliphatic carbocycles. The topological polar surface area (TPSA) is 60.8 Å². The van der Waals surface area contributed by atoms with E-state index in [0.717, 1.165) is 51.6 Å². The Bertz CT molecular complexity index is 1160. The molecule has 0 amide bonds. The van der Waals surface area contributed by atoms with E-state index in [-0.39, 0.29) is 18.6 Å². The Morgan fingerprint density at radius 3 is 2.25 bits per heavy atom. The third-order valence-corrected chi connectivity index (χ3v) is 6.97. The SMILES string of the molecule is C=[C]([Fe][c]1c(Cl)cccc1Br)c1ccc2ccc3ccc(C)nc3c2n1.Cl.N. The molecule has 4 rings (SSSR count). The molecule has 4 aromatic rings. The molecule has 0 aliphatic heterocycles. The van der Waals surface area contributed by atoms with Gasteiger partial charge in [0.05, 0.1) is 0 Å². The first-order valence-electron chi connectivity index (χ1n) is 7.96. The zero-order chi connectivity index (χ0) is 18.3. The van der Waals surface area contributed by atoms with E-state index in [1.165, 1.54) is 0 Å². The van der Waals surface area contributed by atoms with E-state index >= 15 is 0 Å². The number of halogens is 3. The molecule has 0 unspecified atom stereocenters. The van der Waals surface area contributed by atoms with Gasteiger partial charge in [0.2, 0.25) is 0 Å². The van der Waals surface area contributed by atoms with Crippen LogP contribution in [0.15, 0.2) is 65.6 Å². The van der Waals surface area contributed by atoms with Crippen LogP contribution < -0.4 is 10.6 Å². The average molecular weight is 519 g/mol. The minimum Gasteiger partial charge on any atom is -0.344 e. The van der Waals surface area contributed by atoms with Crippen molar-refractivity contribution in [3.8, 4) is 0 Å². The number of benzene rings is 2. The summed E-state index contributed by atoms with van der Waals surface area (Å²) in [5, 5.41) is 2.89. The van der Waals surface area contributed by atoms with Crippen molar-refractivity contribution >= 4 is 70.7 Å². The van der Waals surface area contributed by atoms with E-state index in [1.807, 2.05) is 37.3 Å². The quantitative estimate of drug-likeness (QED) is 0.250. The van der Waals surface area contributed by atoms with Crippen molar-refractivity contribution in [2.45, 2.75) is 6.92 Å². The summed E-state index contributed by atoms with van der Waals surface area (Å²) in [6.07, 6.45) is 0. The van der Waals surface area contributed by atoms with Crippen molar-refractivity contribution in [3.05, 3.63) is 82.1 Å². The van der Waals surface area contributed by atoms with E-state index < -0.39 is 0 Å². The van der Waals surface area contributed by atoms with Crippen molar-refractivity contribution < 1.29 is 15.0 Å². The maximum absolute atomic E-state index is 6.35. The van der Waals surface area contributed by atoms with E-state index in [4.69, 9.17) is 21.6 Å². The van der Waals surface area contributed by atoms with Gasteiger partial charge in [-0.15, -0.1) is 12.4 Å². The molecule has 0 saturated heterocycles. The molecule has 0 atom stereocenters. The number of hydrogen-bond donors (Lipinski definition) is 1. The molecule has 0 bridgehead atoms. The van der Waals surface area contributed by atoms with Crippen LogP contribution in [0.4, 0.5) is 0 Å². The van der Waals surface area contributed by atoms with Gasteiger partial charge in [-0.25, -0.2) is 0 Å². The number of aromatic nitrogens is 2. The molecule has 0 fully saturated rings. The molecular formula is C21H18BrCl2FeN3. The molecule has 28 heavy (non-hydrogen) atoms. The van der Waals surface area contributed by atoms with Gasteiger partial charge in [0.1, 0.15) is 0 Å². The molecule has 3 N–H and O–H groups in total. The third-order valence-electron chi connectivity index (χ3n) is 4.02. The maximum atomic E-state index is 6.35. The summed E-state index contributed by atoms with van der Waals surface area (Å²) in [7, 11) is 0. The first-order valence-corrected chi connectivity index (χ1v) is 10.2. The normalized spacial score (nSPS) is 10.5. The van der Waals surface area contributed by atoms with Crippen LogP contribution in [-0.4, -0.2) is 9.97 Å². The van der Waals surface area contributed by atoms with E-state index in [9.17, 15) is 0 Å². The van der Waals surface area contributed by atoms with Gasteiger partial charge in [0.25, 0.3) is 0 Å². The number of nitrogens with zero attached hydrogens (tertiary/aromatic N) is 2. The largest absolute Gasteiger partial charge is 0.344 e. The first kappa shape index (κ1) is 22.8. The number of aryl methyl sites for hydroxylation is 1. The zero-order valence-electron chi connectivity index (χ0n) is 15.0. The van der Waals surface area contributed by atoms with Gasteiger partial charge in [0, 0.05) is 0 Å². The summed E-state index contributed by atoms with van der Waals surface area (Å²) in [5.41, 5.74) is 3.68. The standard InChI is InChI=1S/C15H11N2.C6H3BrCl.ClH.Fe.H3N/c1-3-13-9-8-12-7-6-11-5-4-10(2)16-14(11)15(12)17-13;7-5-2-1-3-6(8)4-5;;;/h4-9H,1H2,2H3;1-3H;1H;;1H3. The Hall–Kier alpha value is -1.46. The van der Waals surface area contributed by atoms with Gasteiger partial charge in [-0.2, -0.15) is 0 Å². The molecule has 7 heteroatoms. The van der Waals surface area contributed by atoms with Crippen molar-refractivity contribution in [1.82, 2.24) is 16.1 Å². The van der Waals surface area contributed by atoms with E-state index in [0.29, 0.717) is 15.0 Å². The Morgan fingerprint density at radius 1 is 0.964 bits per heavy atom. The Kier molecular flexibility index (Phi) is 7.63. The van der Waals surface area contributed by atoms with Crippen LogP contribution >= 0.6 is 39.9 Å². The Labute approximate surface area is 189 Å². The van der Waals surface area contributed by atoms with Crippen LogP contribution in [0.2, 0.25) is 5.02 Å². The molecule has 2 aromatic carbocycles. The Balaban J connectivity index is 0.00000140. The van der Waals surface area contributed by atoms with Crippen molar-refractivity contribution in [3.63, 3.8) is 0 Å². The summed E-state index contributed by atoms with van der Waals surface area (Å²) in [6, 6.07) is 18.2. The minimum absolute atomic E-state index is 0. The Morgan fingerprint density at radius 2 is 1.57 bits per heavy atom. The summed E-state index contributed by atoms with van der Waals surface area (Å²) in [6.45, 7) is 6.24. The molecule has 0 aliphatic rings. The summed E-state index contributed by atoms with van der Waals surface area (Å²) in [4.78, 5) is 9.58. The van der Waals surface area contributed by atoms with E-state index in [2.05, 4.69) is 46.8 Å². The van der Waals surface area contributed by atoms with Crippen LogP contribution in [0.3, 0.4) is 0 Å². The molecular weight excluding hydrogens is 501 g/mol. The number of pyridine rings is 2.